The summed E-state index contributed by atoms with van der Waals surface area (Å²) in [7, 11) is 0. The summed E-state index contributed by atoms with van der Waals surface area (Å²) in [5, 5.41) is 0. The summed E-state index contributed by atoms with van der Waals surface area (Å²) in [6, 6.07) is 4.34. The summed E-state index contributed by atoms with van der Waals surface area (Å²) >= 11 is 0. The molecule has 2 aromatic rings. The number of aryl methyl sites for hydroxylation is 4. The van der Waals surface area contributed by atoms with Crippen molar-refractivity contribution in [3.63, 3.8) is 0 Å². The smallest absolute Gasteiger partial charge is 0.0438 e. The van der Waals surface area contributed by atoms with Crippen LogP contribution in [0.2, 0.25) is 0 Å². The molecular weight excluding hydrogens is 268 g/mol. The lowest BCUT2D eigenvalue weighted by molar-refractivity contribution is 0.602. The molecule has 2 heteroatoms. The van der Waals surface area contributed by atoms with Crippen LogP contribution in [0.15, 0.2) is 24.5 Å². The average Bonchev–Trinajstić information content (AvgIpc) is 2.50. The highest BCUT2D eigenvalue weighted by Gasteiger charge is 2.19. The highest BCUT2D eigenvalue weighted by Crippen LogP contribution is 2.28. The Morgan fingerprint density at radius 2 is 1.50 bits per heavy atom. The van der Waals surface area contributed by atoms with E-state index in [4.69, 9.17) is 4.98 Å². The normalized spacial score (nSPS) is 18.0. The van der Waals surface area contributed by atoms with Crippen LogP contribution in [0.1, 0.15) is 59.3 Å². The van der Waals surface area contributed by atoms with E-state index in [9.17, 15) is 0 Å². The molecule has 0 aromatic carbocycles. The fraction of sp³-hybridized carbons (Fsp3) is 0.500. The van der Waals surface area contributed by atoms with Crippen LogP contribution in [-0.2, 0) is 38.5 Å². The van der Waals surface area contributed by atoms with Crippen LogP contribution in [-0.4, -0.2) is 9.97 Å². The van der Waals surface area contributed by atoms with E-state index in [0.29, 0.717) is 0 Å². The molecule has 2 aliphatic carbocycles. The predicted molar refractivity (Wildman–Crippen MR) is 89.2 cm³/mol. The van der Waals surface area contributed by atoms with E-state index in [1.165, 1.54) is 67.5 Å². The van der Waals surface area contributed by atoms with E-state index in [0.717, 1.165) is 19.3 Å². The lowest BCUT2D eigenvalue weighted by Gasteiger charge is -2.22. The molecule has 0 radical (unpaired) electrons. The number of hydrogen-bond donors (Lipinski definition) is 0. The van der Waals surface area contributed by atoms with Gasteiger partial charge in [0.1, 0.15) is 0 Å². The summed E-state index contributed by atoms with van der Waals surface area (Å²) in [6.07, 6.45) is 16.4. The fourth-order valence-corrected chi connectivity index (χ4v) is 4.10. The van der Waals surface area contributed by atoms with Crippen LogP contribution in [0.25, 0.3) is 0 Å². The SMILES string of the molecule is c1cnc2c(c1)CCc1c(cnc3c1CCCCCC3)CC2. The van der Waals surface area contributed by atoms with Crippen molar-refractivity contribution in [2.75, 3.05) is 0 Å². The zero-order valence-corrected chi connectivity index (χ0v) is 13.3. The van der Waals surface area contributed by atoms with Gasteiger partial charge in [0.2, 0.25) is 0 Å². The molecular formula is C20H24N2. The molecule has 0 atom stereocenters. The van der Waals surface area contributed by atoms with Crippen molar-refractivity contribution in [3.05, 3.63) is 58.2 Å². The standard InChI is InChI=1S/C20H24N2/c1-2-4-8-20-18(7-3-1)17-11-9-15-6-5-13-21-19(15)12-10-16(17)14-22-20/h5-6,13-14H,1-4,7-12H2. The topological polar surface area (TPSA) is 25.8 Å². The Labute approximate surface area is 133 Å². The van der Waals surface area contributed by atoms with E-state index in [1.54, 1.807) is 11.1 Å². The summed E-state index contributed by atoms with van der Waals surface area (Å²) in [4.78, 5) is 9.43. The average molecular weight is 292 g/mol. The van der Waals surface area contributed by atoms with Gasteiger partial charge in [0.25, 0.3) is 0 Å². The maximum atomic E-state index is 4.84. The molecule has 0 saturated carbocycles. The second-order valence-corrected chi connectivity index (χ2v) is 6.71. The van der Waals surface area contributed by atoms with Gasteiger partial charge >= 0.3 is 0 Å². The lowest BCUT2D eigenvalue weighted by Crippen LogP contribution is -2.14. The number of fused-ring (bicyclic) bond motifs is 4. The minimum Gasteiger partial charge on any atom is -0.261 e. The van der Waals surface area contributed by atoms with Crippen molar-refractivity contribution in [3.8, 4) is 0 Å². The van der Waals surface area contributed by atoms with E-state index in [1.807, 2.05) is 6.20 Å². The van der Waals surface area contributed by atoms with Gasteiger partial charge < -0.3 is 0 Å². The first kappa shape index (κ1) is 13.9. The van der Waals surface area contributed by atoms with Gasteiger partial charge in [-0.3, -0.25) is 9.97 Å². The molecule has 4 rings (SSSR count). The van der Waals surface area contributed by atoms with Crippen LogP contribution in [0.4, 0.5) is 0 Å². The molecule has 0 spiro atoms. The Morgan fingerprint density at radius 3 is 2.45 bits per heavy atom. The van der Waals surface area contributed by atoms with E-state index < -0.39 is 0 Å². The fourth-order valence-electron chi connectivity index (χ4n) is 4.10. The van der Waals surface area contributed by atoms with Crippen molar-refractivity contribution in [2.45, 2.75) is 64.2 Å². The molecule has 0 amide bonds. The second-order valence-electron chi connectivity index (χ2n) is 6.71. The van der Waals surface area contributed by atoms with Crippen LogP contribution < -0.4 is 0 Å². The summed E-state index contributed by atoms with van der Waals surface area (Å²) in [6.45, 7) is 0. The molecule has 2 aromatic heterocycles. The lowest BCUT2D eigenvalue weighted by atomic mass is 9.85. The molecule has 2 aliphatic rings. The Kier molecular flexibility index (Phi) is 3.92. The number of aromatic nitrogens is 2. The van der Waals surface area contributed by atoms with Gasteiger partial charge in [-0.15, -0.1) is 0 Å². The molecule has 0 bridgehead atoms. The number of nitrogens with zero attached hydrogens (tertiary/aromatic N) is 2. The van der Waals surface area contributed by atoms with Crippen LogP contribution in [0.5, 0.6) is 0 Å². The molecule has 0 fully saturated rings. The van der Waals surface area contributed by atoms with E-state index in [2.05, 4.69) is 23.3 Å². The molecule has 114 valence electrons. The second kappa shape index (κ2) is 6.20. The van der Waals surface area contributed by atoms with Crippen molar-refractivity contribution in [1.29, 1.82) is 0 Å². The third-order valence-electron chi connectivity index (χ3n) is 5.33. The van der Waals surface area contributed by atoms with Crippen LogP contribution in [0, 0.1) is 0 Å². The minimum absolute atomic E-state index is 1.06. The zero-order valence-electron chi connectivity index (χ0n) is 13.3. The Morgan fingerprint density at radius 1 is 0.636 bits per heavy atom. The first-order valence-corrected chi connectivity index (χ1v) is 8.83. The van der Waals surface area contributed by atoms with Gasteiger partial charge in [-0.2, -0.15) is 0 Å². The third kappa shape index (κ3) is 2.67. The molecule has 2 heterocycles. The minimum atomic E-state index is 1.06. The molecule has 22 heavy (non-hydrogen) atoms. The Bertz CT molecular complexity index is 675. The Balaban J connectivity index is 1.71. The van der Waals surface area contributed by atoms with Gasteiger partial charge in [-0.25, -0.2) is 0 Å². The van der Waals surface area contributed by atoms with Gasteiger partial charge in [0, 0.05) is 23.8 Å². The first-order valence-electron chi connectivity index (χ1n) is 8.83. The van der Waals surface area contributed by atoms with Crippen LogP contribution >= 0.6 is 0 Å². The molecule has 0 unspecified atom stereocenters. The maximum Gasteiger partial charge on any atom is 0.0438 e. The predicted octanol–water partition coefficient (Wildman–Crippen LogP) is 4.02. The molecule has 0 aliphatic heterocycles. The van der Waals surface area contributed by atoms with Crippen molar-refractivity contribution < 1.29 is 0 Å². The largest absolute Gasteiger partial charge is 0.261 e. The highest BCUT2D eigenvalue weighted by atomic mass is 14.7. The van der Waals surface area contributed by atoms with E-state index >= 15 is 0 Å². The summed E-state index contributed by atoms with van der Waals surface area (Å²) in [5.41, 5.74) is 8.84. The summed E-state index contributed by atoms with van der Waals surface area (Å²) in [5.74, 6) is 0. The van der Waals surface area contributed by atoms with E-state index in [-0.39, 0.29) is 0 Å². The quantitative estimate of drug-likeness (QED) is 0.733. The highest BCUT2D eigenvalue weighted by molar-refractivity contribution is 5.40. The number of hydrogen-bond acceptors (Lipinski definition) is 2. The zero-order chi connectivity index (χ0) is 14.8. The van der Waals surface area contributed by atoms with Gasteiger partial charge in [0.05, 0.1) is 0 Å². The van der Waals surface area contributed by atoms with Gasteiger partial charge in [0.15, 0.2) is 0 Å². The van der Waals surface area contributed by atoms with Gasteiger partial charge in [-0.05, 0) is 79.7 Å². The van der Waals surface area contributed by atoms with Crippen molar-refractivity contribution in [2.24, 2.45) is 0 Å². The Hall–Kier alpha value is -1.70. The molecule has 0 N–H and O–H groups in total. The van der Waals surface area contributed by atoms with Crippen molar-refractivity contribution >= 4 is 0 Å². The van der Waals surface area contributed by atoms with Gasteiger partial charge in [-0.1, -0.05) is 18.9 Å². The third-order valence-corrected chi connectivity index (χ3v) is 5.33. The van der Waals surface area contributed by atoms with Crippen molar-refractivity contribution in [1.82, 2.24) is 9.97 Å². The number of rotatable bonds is 0. The monoisotopic (exact) mass is 292 g/mol. The molecule has 0 saturated heterocycles. The molecule has 2 nitrogen and oxygen atoms in total. The number of pyridine rings is 2. The summed E-state index contributed by atoms with van der Waals surface area (Å²) < 4.78 is 0. The van der Waals surface area contributed by atoms with Crippen LogP contribution in [0.3, 0.4) is 0 Å². The first-order chi connectivity index (χ1) is 10.9. The maximum absolute atomic E-state index is 4.84.